The van der Waals surface area contributed by atoms with Crippen LogP contribution in [0.3, 0.4) is 0 Å². The first-order valence-electron chi connectivity index (χ1n) is 5.73. The van der Waals surface area contributed by atoms with E-state index in [4.69, 9.17) is 5.73 Å². The van der Waals surface area contributed by atoms with Crippen molar-refractivity contribution >= 4 is 11.5 Å². The Kier molecular flexibility index (Phi) is 3.45. The predicted octanol–water partition coefficient (Wildman–Crippen LogP) is 2.64. The average molecular weight is 240 g/mol. The fraction of sp³-hybridized carbons (Fsp3) is 0.727. The Morgan fingerprint density at radius 3 is 2.35 bits per heavy atom. The zero-order chi connectivity index (χ0) is 13.4. The highest BCUT2D eigenvalue weighted by Gasteiger charge is 2.34. The summed E-state index contributed by atoms with van der Waals surface area (Å²) in [5, 5.41) is 15.4. The van der Waals surface area contributed by atoms with Gasteiger partial charge in [0.2, 0.25) is 5.82 Å². The van der Waals surface area contributed by atoms with Crippen molar-refractivity contribution in [1.29, 1.82) is 0 Å². The van der Waals surface area contributed by atoms with Crippen molar-refractivity contribution in [3.8, 4) is 0 Å². The van der Waals surface area contributed by atoms with Gasteiger partial charge in [0.15, 0.2) is 0 Å². The van der Waals surface area contributed by atoms with Crippen LogP contribution in [0.1, 0.15) is 52.8 Å². The van der Waals surface area contributed by atoms with Crippen LogP contribution >= 0.6 is 0 Å². The Morgan fingerprint density at radius 1 is 1.53 bits per heavy atom. The third-order valence-corrected chi connectivity index (χ3v) is 2.82. The SMILES string of the molecule is CCC(C)n1nc(C(C)(C)C)c([N+](=O)[O-])c1N. The minimum absolute atomic E-state index is 0.0576. The molecule has 96 valence electrons. The van der Waals surface area contributed by atoms with Gasteiger partial charge in [-0.3, -0.25) is 10.1 Å². The summed E-state index contributed by atoms with van der Waals surface area (Å²) in [6.45, 7) is 9.61. The summed E-state index contributed by atoms with van der Waals surface area (Å²) in [5.74, 6) is 0.147. The van der Waals surface area contributed by atoms with Gasteiger partial charge in [0.25, 0.3) is 0 Å². The highest BCUT2D eigenvalue weighted by atomic mass is 16.6. The lowest BCUT2D eigenvalue weighted by Crippen LogP contribution is -2.15. The van der Waals surface area contributed by atoms with Gasteiger partial charge in [0.1, 0.15) is 5.69 Å². The standard InChI is InChI=1S/C11H20N4O2/c1-6-7(2)14-10(12)8(15(16)17)9(13-14)11(3,4)5/h7H,6,12H2,1-5H3. The van der Waals surface area contributed by atoms with Crippen LogP contribution in [0.25, 0.3) is 0 Å². The van der Waals surface area contributed by atoms with Crippen LogP contribution < -0.4 is 5.73 Å². The molecule has 2 N–H and O–H groups in total. The Morgan fingerprint density at radius 2 is 2.06 bits per heavy atom. The minimum atomic E-state index is -0.443. The van der Waals surface area contributed by atoms with E-state index in [0.717, 1.165) is 6.42 Å². The number of nitro groups is 1. The summed E-state index contributed by atoms with van der Waals surface area (Å²) in [7, 11) is 0. The van der Waals surface area contributed by atoms with E-state index >= 15 is 0 Å². The zero-order valence-corrected chi connectivity index (χ0v) is 11.0. The molecule has 0 spiro atoms. The minimum Gasteiger partial charge on any atom is -0.378 e. The van der Waals surface area contributed by atoms with Gasteiger partial charge in [0, 0.05) is 5.41 Å². The normalized spacial score (nSPS) is 13.7. The van der Waals surface area contributed by atoms with Crippen LogP contribution in [0.2, 0.25) is 0 Å². The van der Waals surface area contributed by atoms with E-state index in [0.29, 0.717) is 5.69 Å². The summed E-state index contributed by atoms with van der Waals surface area (Å²) >= 11 is 0. The number of rotatable bonds is 3. The second-order valence-corrected chi connectivity index (χ2v) is 5.29. The molecule has 1 atom stereocenters. The van der Waals surface area contributed by atoms with Gasteiger partial charge in [-0.05, 0) is 13.3 Å². The Bertz CT molecular complexity index is 431. The molecule has 0 saturated carbocycles. The number of nitrogens with two attached hydrogens (primary N) is 1. The number of nitrogens with zero attached hydrogens (tertiary/aromatic N) is 3. The van der Waals surface area contributed by atoms with Crippen molar-refractivity contribution in [2.75, 3.05) is 5.73 Å². The second-order valence-electron chi connectivity index (χ2n) is 5.29. The fourth-order valence-corrected chi connectivity index (χ4v) is 1.63. The van der Waals surface area contributed by atoms with Gasteiger partial charge in [-0.2, -0.15) is 5.10 Å². The summed E-state index contributed by atoms with van der Waals surface area (Å²) in [4.78, 5) is 10.6. The molecule has 17 heavy (non-hydrogen) atoms. The molecule has 1 rings (SSSR count). The van der Waals surface area contributed by atoms with Crippen LogP contribution in [0.4, 0.5) is 11.5 Å². The quantitative estimate of drug-likeness (QED) is 0.649. The van der Waals surface area contributed by atoms with E-state index in [2.05, 4.69) is 5.10 Å². The van der Waals surface area contributed by atoms with Crippen molar-refractivity contribution in [1.82, 2.24) is 9.78 Å². The lowest BCUT2D eigenvalue weighted by atomic mass is 9.91. The van der Waals surface area contributed by atoms with Crippen molar-refractivity contribution in [2.24, 2.45) is 0 Å². The Balaban J connectivity index is 3.46. The van der Waals surface area contributed by atoms with Crippen molar-refractivity contribution in [3.63, 3.8) is 0 Å². The summed E-state index contributed by atoms with van der Waals surface area (Å²) < 4.78 is 1.55. The van der Waals surface area contributed by atoms with Crippen LogP contribution in [-0.2, 0) is 5.41 Å². The molecule has 0 aliphatic carbocycles. The fourth-order valence-electron chi connectivity index (χ4n) is 1.63. The largest absolute Gasteiger partial charge is 0.378 e. The average Bonchev–Trinajstić information content (AvgIpc) is 2.54. The van der Waals surface area contributed by atoms with E-state index in [1.54, 1.807) is 4.68 Å². The number of hydrogen-bond donors (Lipinski definition) is 1. The Hall–Kier alpha value is -1.59. The van der Waals surface area contributed by atoms with Crippen molar-refractivity contribution in [3.05, 3.63) is 15.8 Å². The topological polar surface area (TPSA) is 87.0 Å². The van der Waals surface area contributed by atoms with Crippen LogP contribution in [0.15, 0.2) is 0 Å². The zero-order valence-electron chi connectivity index (χ0n) is 11.0. The maximum absolute atomic E-state index is 11.1. The molecule has 1 unspecified atom stereocenters. The van der Waals surface area contributed by atoms with Crippen LogP contribution in [-0.4, -0.2) is 14.7 Å². The first kappa shape index (κ1) is 13.5. The smallest absolute Gasteiger partial charge is 0.334 e. The maximum Gasteiger partial charge on any atom is 0.334 e. The van der Waals surface area contributed by atoms with Gasteiger partial charge in [-0.15, -0.1) is 0 Å². The maximum atomic E-state index is 11.1. The molecule has 0 aromatic carbocycles. The molecular formula is C11H20N4O2. The number of aromatic nitrogens is 2. The number of anilines is 1. The molecule has 0 amide bonds. The third kappa shape index (κ3) is 2.40. The monoisotopic (exact) mass is 240 g/mol. The molecule has 1 heterocycles. The van der Waals surface area contributed by atoms with Gasteiger partial charge in [0.05, 0.1) is 11.0 Å². The third-order valence-electron chi connectivity index (χ3n) is 2.82. The number of hydrogen-bond acceptors (Lipinski definition) is 4. The first-order chi connectivity index (χ1) is 7.70. The molecule has 0 saturated heterocycles. The van der Waals surface area contributed by atoms with E-state index in [-0.39, 0.29) is 17.5 Å². The first-order valence-corrected chi connectivity index (χ1v) is 5.73. The molecule has 6 nitrogen and oxygen atoms in total. The highest BCUT2D eigenvalue weighted by Crippen LogP contribution is 2.36. The second kappa shape index (κ2) is 4.35. The van der Waals surface area contributed by atoms with Crippen molar-refractivity contribution < 1.29 is 4.92 Å². The summed E-state index contributed by atoms with van der Waals surface area (Å²) in [6, 6.07) is 0.0600. The van der Waals surface area contributed by atoms with Gasteiger partial charge < -0.3 is 5.73 Å². The Labute approximate surface area is 101 Å². The van der Waals surface area contributed by atoms with E-state index in [9.17, 15) is 10.1 Å². The highest BCUT2D eigenvalue weighted by molar-refractivity contribution is 5.58. The number of nitrogen functional groups attached to an aromatic ring is 1. The molecule has 0 aliphatic rings. The van der Waals surface area contributed by atoms with E-state index < -0.39 is 10.3 Å². The summed E-state index contributed by atoms with van der Waals surface area (Å²) in [6.07, 6.45) is 0.826. The molecule has 0 fully saturated rings. The van der Waals surface area contributed by atoms with Crippen LogP contribution in [0, 0.1) is 10.1 Å². The van der Waals surface area contributed by atoms with E-state index in [1.165, 1.54) is 0 Å². The molecule has 0 radical (unpaired) electrons. The predicted molar refractivity (Wildman–Crippen MR) is 67.0 cm³/mol. The van der Waals surface area contributed by atoms with Gasteiger partial charge in [-0.1, -0.05) is 27.7 Å². The van der Waals surface area contributed by atoms with Gasteiger partial charge >= 0.3 is 5.69 Å². The van der Waals surface area contributed by atoms with E-state index in [1.807, 2.05) is 34.6 Å². The summed E-state index contributed by atoms with van der Waals surface area (Å²) in [5.41, 5.74) is 5.83. The molecule has 1 aromatic heterocycles. The molecule has 0 bridgehead atoms. The molecule has 1 aromatic rings. The van der Waals surface area contributed by atoms with Crippen LogP contribution in [0.5, 0.6) is 0 Å². The van der Waals surface area contributed by atoms with Gasteiger partial charge in [-0.25, -0.2) is 4.68 Å². The van der Waals surface area contributed by atoms with Crippen molar-refractivity contribution in [2.45, 2.75) is 52.5 Å². The lowest BCUT2D eigenvalue weighted by Gasteiger charge is -2.14. The molecular weight excluding hydrogens is 220 g/mol. The molecule has 0 aliphatic heterocycles. The lowest BCUT2D eigenvalue weighted by molar-refractivity contribution is -0.385. The molecule has 6 heteroatoms.